The molecule has 4 rings (SSSR count). The second-order valence-corrected chi connectivity index (χ2v) is 8.49. The fourth-order valence-electron chi connectivity index (χ4n) is 3.43. The highest BCUT2D eigenvalue weighted by molar-refractivity contribution is 7.10. The zero-order chi connectivity index (χ0) is 20.1. The van der Waals surface area contributed by atoms with Crippen molar-refractivity contribution in [2.75, 3.05) is 0 Å². The van der Waals surface area contributed by atoms with Crippen molar-refractivity contribution < 1.29 is 0 Å². The van der Waals surface area contributed by atoms with E-state index in [9.17, 15) is 0 Å². The van der Waals surface area contributed by atoms with Gasteiger partial charge in [-0.3, -0.25) is 5.32 Å². The van der Waals surface area contributed by atoms with Gasteiger partial charge in [0.25, 0.3) is 0 Å². The van der Waals surface area contributed by atoms with E-state index in [4.69, 9.17) is 0 Å². The minimum absolute atomic E-state index is 0.101. The van der Waals surface area contributed by atoms with Gasteiger partial charge in [-0.15, -0.1) is 16.4 Å². The number of benzene rings is 2. The van der Waals surface area contributed by atoms with Crippen LogP contribution in [0.1, 0.15) is 41.7 Å². The standard InChI is InChI=1S/C23H25N5S/c1-17(2)15-18-10-12-19(13-11-18)23(21-9-6-14-29-21)24-16-22-25-26-27-28(22)20-7-4-3-5-8-20/h3-14,17,23-24H,15-16H2,1-2H3/t23-/m0/s1. The first-order chi connectivity index (χ1) is 14.2. The zero-order valence-corrected chi connectivity index (χ0v) is 17.5. The third-order valence-electron chi connectivity index (χ3n) is 4.78. The maximum Gasteiger partial charge on any atom is 0.170 e. The second kappa shape index (κ2) is 9.11. The van der Waals surface area contributed by atoms with E-state index in [1.165, 1.54) is 16.0 Å². The van der Waals surface area contributed by atoms with Crippen LogP contribution in [0.4, 0.5) is 0 Å². The molecule has 0 fully saturated rings. The topological polar surface area (TPSA) is 55.6 Å². The Morgan fingerprint density at radius 1 is 0.966 bits per heavy atom. The molecule has 0 bridgehead atoms. The van der Waals surface area contributed by atoms with Crippen LogP contribution in [0.5, 0.6) is 0 Å². The molecule has 29 heavy (non-hydrogen) atoms. The van der Waals surface area contributed by atoms with Gasteiger partial charge in [-0.05, 0) is 57.5 Å². The molecule has 1 N–H and O–H groups in total. The van der Waals surface area contributed by atoms with Crippen molar-refractivity contribution in [1.82, 2.24) is 25.5 Å². The fraction of sp³-hybridized carbons (Fsp3) is 0.261. The van der Waals surface area contributed by atoms with Crippen molar-refractivity contribution in [1.29, 1.82) is 0 Å². The van der Waals surface area contributed by atoms with Gasteiger partial charge in [0.1, 0.15) is 0 Å². The highest BCUT2D eigenvalue weighted by atomic mass is 32.1. The number of thiophene rings is 1. The van der Waals surface area contributed by atoms with Crippen LogP contribution in [0.25, 0.3) is 5.69 Å². The quantitative estimate of drug-likeness (QED) is 0.459. The Balaban J connectivity index is 1.55. The number of nitrogens with one attached hydrogen (secondary N) is 1. The summed E-state index contributed by atoms with van der Waals surface area (Å²) in [6.07, 6.45) is 1.10. The lowest BCUT2D eigenvalue weighted by molar-refractivity contribution is 0.582. The molecule has 0 aliphatic carbocycles. The maximum absolute atomic E-state index is 4.23. The Kier molecular flexibility index (Phi) is 6.12. The molecule has 4 aromatic rings. The van der Waals surface area contributed by atoms with Crippen LogP contribution in [0.2, 0.25) is 0 Å². The molecule has 0 spiro atoms. The summed E-state index contributed by atoms with van der Waals surface area (Å²) in [5.74, 6) is 1.44. The van der Waals surface area contributed by atoms with E-state index in [1.54, 1.807) is 16.0 Å². The van der Waals surface area contributed by atoms with Gasteiger partial charge >= 0.3 is 0 Å². The van der Waals surface area contributed by atoms with Gasteiger partial charge in [0.05, 0.1) is 18.3 Å². The third kappa shape index (κ3) is 4.78. The molecule has 0 radical (unpaired) electrons. The first-order valence-corrected chi connectivity index (χ1v) is 10.8. The highest BCUT2D eigenvalue weighted by Crippen LogP contribution is 2.27. The zero-order valence-electron chi connectivity index (χ0n) is 16.7. The van der Waals surface area contributed by atoms with Gasteiger partial charge in [0.15, 0.2) is 5.82 Å². The normalized spacial score (nSPS) is 12.4. The molecule has 6 heteroatoms. The minimum Gasteiger partial charge on any atom is -0.298 e. The summed E-state index contributed by atoms with van der Waals surface area (Å²) < 4.78 is 1.78. The Labute approximate surface area is 175 Å². The molecule has 0 aliphatic heterocycles. The lowest BCUT2D eigenvalue weighted by Gasteiger charge is -2.18. The van der Waals surface area contributed by atoms with Gasteiger partial charge < -0.3 is 0 Å². The Bertz CT molecular complexity index is 1010. The molecule has 2 heterocycles. The van der Waals surface area contributed by atoms with Gasteiger partial charge in [0, 0.05) is 4.88 Å². The first kappa shape index (κ1) is 19.5. The van der Waals surface area contributed by atoms with Crippen molar-refractivity contribution in [2.45, 2.75) is 32.9 Å². The Morgan fingerprint density at radius 3 is 2.45 bits per heavy atom. The van der Waals surface area contributed by atoms with Crippen LogP contribution in [0.15, 0.2) is 72.1 Å². The van der Waals surface area contributed by atoms with Gasteiger partial charge in [-0.2, -0.15) is 4.68 Å². The molecule has 2 aromatic carbocycles. The summed E-state index contributed by atoms with van der Waals surface area (Å²) in [5, 5.41) is 18.0. The van der Waals surface area contributed by atoms with E-state index < -0.39 is 0 Å². The van der Waals surface area contributed by atoms with Crippen molar-refractivity contribution in [2.24, 2.45) is 5.92 Å². The average molecular weight is 404 g/mol. The molecule has 5 nitrogen and oxygen atoms in total. The minimum atomic E-state index is 0.101. The summed E-state index contributed by atoms with van der Waals surface area (Å²) in [6.45, 7) is 5.07. The van der Waals surface area contributed by atoms with E-state index in [0.29, 0.717) is 12.5 Å². The lowest BCUT2D eigenvalue weighted by Crippen LogP contribution is -2.23. The van der Waals surface area contributed by atoms with Crippen molar-refractivity contribution in [3.05, 3.63) is 93.9 Å². The summed E-state index contributed by atoms with van der Waals surface area (Å²) in [4.78, 5) is 1.28. The van der Waals surface area contributed by atoms with Crippen LogP contribution in [0.3, 0.4) is 0 Å². The summed E-state index contributed by atoms with van der Waals surface area (Å²) >= 11 is 1.76. The molecule has 148 valence electrons. The number of hydrogen-bond donors (Lipinski definition) is 1. The van der Waals surface area contributed by atoms with Crippen molar-refractivity contribution >= 4 is 11.3 Å². The number of hydrogen-bond acceptors (Lipinski definition) is 5. The van der Waals surface area contributed by atoms with Gasteiger partial charge in [-0.1, -0.05) is 62.4 Å². The van der Waals surface area contributed by atoms with Crippen molar-refractivity contribution in [3.8, 4) is 5.69 Å². The predicted molar refractivity (Wildman–Crippen MR) is 117 cm³/mol. The first-order valence-electron chi connectivity index (χ1n) is 9.89. The van der Waals surface area contributed by atoms with E-state index in [2.05, 4.69) is 76.5 Å². The largest absolute Gasteiger partial charge is 0.298 e. The maximum atomic E-state index is 4.23. The van der Waals surface area contributed by atoms with E-state index >= 15 is 0 Å². The van der Waals surface area contributed by atoms with Crippen LogP contribution in [0, 0.1) is 5.92 Å². The molecule has 0 saturated heterocycles. The van der Waals surface area contributed by atoms with Gasteiger partial charge in [-0.25, -0.2) is 0 Å². The number of para-hydroxylation sites is 1. The molecule has 0 aliphatic rings. The molecule has 0 unspecified atom stereocenters. The molecule has 1 atom stereocenters. The SMILES string of the molecule is CC(C)Cc1ccc([C@H](NCc2nnnn2-c2ccccc2)c2cccs2)cc1. The average Bonchev–Trinajstić information content (AvgIpc) is 3.42. The fourth-order valence-corrected chi connectivity index (χ4v) is 4.26. The Morgan fingerprint density at radius 2 is 1.76 bits per heavy atom. The van der Waals surface area contributed by atoms with Crippen LogP contribution in [-0.2, 0) is 13.0 Å². The second-order valence-electron chi connectivity index (χ2n) is 7.51. The number of rotatable bonds is 8. The Hall–Kier alpha value is -2.83. The van der Waals surface area contributed by atoms with E-state index in [1.807, 2.05) is 30.3 Å². The monoisotopic (exact) mass is 403 g/mol. The molecule has 0 amide bonds. The number of nitrogens with zero attached hydrogens (tertiary/aromatic N) is 4. The molecular weight excluding hydrogens is 378 g/mol. The molecule has 0 saturated carbocycles. The highest BCUT2D eigenvalue weighted by Gasteiger charge is 2.17. The lowest BCUT2D eigenvalue weighted by atomic mass is 9.99. The smallest absolute Gasteiger partial charge is 0.170 e. The van der Waals surface area contributed by atoms with Crippen LogP contribution in [-0.4, -0.2) is 20.2 Å². The molecule has 2 aromatic heterocycles. The van der Waals surface area contributed by atoms with Gasteiger partial charge in [0.2, 0.25) is 0 Å². The van der Waals surface area contributed by atoms with Crippen LogP contribution >= 0.6 is 11.3 Å². The van der Waals surface area contributed by atoms with Crippen molar-refractivity contribution in [3.63, 3.8) is 0 Å². The predicted octanol–water partition coefficient (Wildman–Crippen LogP) is 4.80. The number of aromatic nitrogens is 4. The van der Waals surface area contributed by atoms with Crippen LogP contribution < -0.4 is 5.32 Å². The summed E-state index contributed by atoms with van der Waals surface area (Å²) in [7, 11) is 0. The summed E-state index contributed by atoms with van der Waals surface area (Å²) in [5.41, 5.74) is 3.58. The summed E-state index contributed by atoms with van der Waals surface area (Å²) in [6, 6.07) is 23.3. The third-order valence-corrected chi connectivity index (χ3v) is 5.72. The van der Waals surface area contributed by atoms with E-state index in [-0.39, 0.29) is 6.04 Å². The van der Waals surface area contributed by atoms with E-state index in [0.717, 1.165) is 17.9 Å². The number of tetrazole rings is 1. The molecular formula is C23H25N5S.